The fourth-order valence-electron chi connectivity index (χ4n) is 3.47. The van der Waals surface area contributed by atoms with Crippen LogP contribution < -0.4 is 15.9 Å². The molecule has 4 heteroatoms. The van der Waals surface area contributed by atoms with E-state index in [9.17, 15) is 0 Å². The third-order valence-electron chi connectivity index (χ3n) is 4.65. The first-order valence-electron chi connectivity index (χ1n) is 8.80. The number of halogens is 1. The minimum Gasteiger partial charge on any atom is -0.260 e. The van der Waals surface area contributed by atoms with Crippen molar-refractivity contribution in [3.8, 4) is 0 Å². The van der Waals surface area contributed by atoms with E-state index in [4.69, 9.17) is 4.98 Å². The molecule has 0 aliphatic heterocycles. The molecule has 0 saturated carbocycles. The lowest BCUT2D eigenvalue weighted by atomic mass is 10.4. The van der Waals surface area contributed by atoms with E-state index in [0.29, 0.717) is 0 Å². The van der Waals surface area contributed by atoms with Crippen LogP contribution in [-0.4, -0.2) is 9.97 Å². The summed E-state index contributed by atoms with van der Waals surface area (Å²) in [5.74, 6) is 0. The van der Waals surface area contributed by atoms with Crippen molar-refractivity contribution >= 4 is 39.1 Å². The predicted molar refractivity (Wildman–Crippen MR) is 119 cm³/mol. The summed E-state index contributed by atoms with van der Waals surface area (Å²) in [6, 6.07) is 32.5. The molecule has 0 atom stereocenters. The van der Waals surface area contributed by atoms with Crippen molar-refractivity contribution in [2.24, 2.45) is 0 Å². The summed E-state index contributed by atoms with van der Waals surface area (Å²) in [6.07, 6.45) is 4.45. The maximum absolute atomic E-state index is 4.72. The van der Waals surface area contributed by atoms with E-state index in [1.54, 1.807) is 6.20 Å². The van der Waals surface area contributed by atoms with Gasteiger partial charge in [-0.2, -0.15) is 0 Å². The lowest BCUT2D eigenvalue weighted by Gasteiger charge is -2.27. The maximum Gasteiger partial charge on any atom is 0.124 e. The highest BCUT2D eigenvalue weighted by molar-refractivity contribution is 9.10. The van der Waals surface area contributed by atoms with Crippen LogP contribution in [0.4, 0.5) is 0 Å². The van der Waals surface area contributed by atoms with Crippen LogP contribution in [0.15, 0.2) is 108 Å². The van der Waals surface area contributed by atoms with Gasteiger partial charge in [0, 0.05) is 0 Å². The molecule has 2 nitrogen and oxygen atoms in total. The van der Waals surface area contributed by atoms with Gasteiger partial charge in [0.05, 0.1) is 18.1 Å². The van der Waals surface area contributed by atoms with Crippen LogP contribution in [0.25, 0.3) is 0 Å². The topological polar surface area (TPSA) is 25.8 Å². The summed E-state index contributed by atoms with van der Waals surface area (Å²) in [4.78, 5) is 9.07. The van der Waals surface area contributed by atoms with E-state index >= 15 is 0 Å². The van der Waals surface area contributed by atoms with Gasteiger partial charge in [-0.15, -0.1) is 0 Å². The molecule has 27 heavy (non-hydrogen) atoms. The monoisotopic (exact) mass is 433 g/mol. The molecule has 0 bridgehead atoms. The molecule has 0 N–H and O–H groups in total. The summed E-state index contributed by atoms with van der Waals surface area (Å²) in [6.45, 7) is 0. The lowest BCUT2D eigenvalue weighted by molar-refractivity contribution is 1.07. The Labute approximate surface area is 168 Å². The first-order valence-corrected chi connectivity index (χ1v) is 11.6. The van der Waals surface area contributed by atoms with Gasteiger partial charge in [0.15, 0.2) is 0 Å². The number of nitrogens with zero attached hydrogens (tertiary/aromatic N) is 2. The Hall–Kier alpha value is -2.35. The quantitative estimate of drug-likeness (QED) is 0.425. The second-order valence-corrected chi connectivity index (χ2v) is 10.6. The largest absolute Gasteiger partial charge is 0.260 e. The molecule has 132 valence electrons. The number of hydrogen-bond acceptors (Lipinski definition) is 2. The van der Waals surface area contributed by atoms with Crippen LogP contribution in [0.5, 0.6) is 0 Å². The van der Waals surface area contributed by atoms with E-state index in [1.165, 1.54) is 15.9 Å². The van der Waals surface area contributed by atoms with Crippen molar-refractivity contribution in [2.45, 2.75) is 6.16 Å². The molecule has 0 aliphatic rings. The molecule has 0 amide bonds. The summed E-state index contributed by atoms with van der Waals surface area (Å²) < 4.78 is 0.771. The van der Waals surface area contributed by atoms with Crippen LogP contribution in [0.1, 0.15) is 5.69 Å². The molecular formula is C23H19BrN2P+. The molecule has 0 saturated heterocycles. The number of hydrogen-bond donors (Lipinski definition) is 0. The van der Waals surface area contributed by atoms with Gasteiger partial charge >= 0.3 is 0 Å². The zero-order valence-corrected chi connectivity index (χ0v) is 17.2. The smallest absolute Gasteiger partial charge is 0.124 e. The molecule has 4 rings (SSSR count). The third-order valence-corrected chi connectivity index (χ3v) is 9.36. The molecular weight excluding hydrogens is 415 g/mol. The Morgan fingerprint density at radius 3 is 1.48 bits per heavy atom. The first kappa shape index (κ1) is 18.0. The van der Waals surface area contributed by atoms with Gasteiger partial charge in [-0.1, -0.05) is 54.6 Å². The normalized spacial score (nSPS) is 11.3. The van der Waals surface area contributed by atoms with Crippen LogP contribution in [0.3, 0.4) is 0 Å². The van der Waals surface area contributed by atoms with Crippen molar-refractivity contribution in [1.82, 2.24) is 9.97 Å². The average Bonchev–Trinajstić information content (AvgIpc) is 2.74. The van der Waals surface area contributed by atoms with Crippen LogP contribution in [0, 0.1) is 0 Å². The van der Waals surface area contributed by atoms with Crippen molar-refractivity contribution in [3.63, 3.8) is 0 Å². The van der Waals surface area contributed by atoms with Gasteiger partial charge < -0.3 is 0 Å². The second-order valence-electron chi connectivity index (χ2n) is 6.31. The number of rotatable bonds is 5. The Morgan fingerprint density at radius 1 is 0.630 bits per heavy atom. The molecule has 0 unspecified atom stereocenters. The van der Waals surface area contributed by atoms with Crippen molar-refractivity contribution in [3.05, 3.63) is 114 Å². The Kier molecular flexibility index (Phi) is 5.42. The van der Waals surface area contributed by atoms with Gasteiger partial charge in [0.25, 0.3) is 0 Å². The van der Waals surface area contributed by atoms with Gasteiger partial charge in [-0.05, 0) is 52.3 Å². The van der Waals surface area contributed by atoms with Gasteiger partial charge in [0.2, 0.25) is 0 Å². The summed E-state index contributed by atoms with van der Waals surface area (Å²) in [5.41, 5.74) is 0.995. The number of benzene rings is 3. The van der Waals surface area contributed by atoms with Gasteiger partial charge in [0.1, 0.15) is 33.9 Å². The minimum absolute atomic E-state index is 0.771. The summed E-state index contributed by atoms with van der Waals surface area (Å²) in [7, 11) is -1.92. The SMILES string of the molecule is Brc1cncc(C[P+](c2ccccc2)(c2ccccc2)c2ccccc2)n1. The second kappa shape index (κ2) is 8.12. The van der Waals surface area contributed by atoms with Crippen molar-refractivity contribution in [2.75, 3.05) is 0 Å². The first-order chi connectivity index (χ1) is 13.3. The van der Waals surface area contributed by atoms with Crippen molar-refractivity contribution in [1.29, 1.82) is 0 Å². The third kappa shape index (κ3) is 3.71. The molecule has 4 aromatic rings. The maximum atomic E-state index is 4.72. The minimum atomic E-state index is -1.92. The summed E-state index contributed by atoms with van der Waals surface area (Å²) >= 11 is 3.48. The number of aromatic nitrogens is 2. The lowest BCUT2D eigenvalue weighted by Crippen LogP contribution is -2.32. The van der Waals surface area contributed by atoms with E-state index in [2.05, 4.69) is 112 Å². The molecule has 0 aliphatic carbocycles. The Bertz CT molecular complexity index is 911. The van der Waals surface area contributed by atoms with E-state index in [0.717, 1.165) is 16.5 Å². The van der Waals surface area contributed by atoms with E-state index < -0.39 is 7.26 Å². The van der Waals surface area contributed by atoms with Crippen LogP contribution in [0.2, 0.25) is 0 Å². The Balaban J connectivity index is 2.00. The van der Waals surface area contributed by atoms with Gasteiger partial charge in [-0.3, -0.25) is 4.98 Å². The average molecular weight is 434 g/mol. The fraction of sp³-hybridized carbons (Fsp3) is 0.0435. The van der Waals surface area contributed by atoms with E-state index in [1.807, 2.05) is 6.20 Å². The zero-order valence-electron chi connectivity index (χ0n) is 14.7. The molecule has 0 fully saturated rings. The molecule has 1 heterocycles. The van der Waals surface area contributed by atoms with Crippen molar-refractivity contribution < 1.29 is 0 Å². The molecule has 0 spiro atoms. The highest BCUT2D eigenvalue weighted by Gasteiger charge is 2.45. The van der Waals surface area contributed by atoms with Gasteiger partial charge in [-0.25, -0.2) is 4.98 Å². The predicted octanol–water partition coefficient (Wildman–Crippen LogP) is 4.73. The van der Waals surface area contributed by atoms with Crippen LogP contribution in [-0.2, 0) is 6.16 Å². The van der Waals surface area contributed by atoms with Crippen LogP contribution >= 0.6 is 23.2 Å². The highest BCUT2D eigenvalue weighted by Crippen LogP contribution is 2.57. The van der Waals surface area contributed by atoms with E-state index in [-0.39, 0.29) is 0 Å². The standard InChI is InChI=1S/C23H19BrN2P/c24-23-17-25-16-19(26-23)18-27(20-10-4-1-5-11-20,21-12-6-2-7-13-21)22-14-8-3-9-15-22/h1-17H,18H2/q+1. The highest BCUT2D eigenvalue weighted by atomic mass is 79.9. The molecule has 1 aromatic heterocycles. The summed E-state index contributed by atoms with van der Waals surface area (Å²) in [5, 5.41) is 4.05. The molecule has 0 radical (unpaired) electrons. The Morgan fingerprint density at radius 2 is 1.07 bits per heavy atom. The fourth-order valence-corrected chi connectivity index (χ4v) is 7.94. The zero-order chi connectivity index (χ0) is 18.5. The molecule has 3 aromatic carbocycles.